The summed E-state index contributed by atoms with van der Waals surface area (Å²) in [7, 11) is 0. The topological polar surface area (TPSA) is 38.2 Å². The fourth-order valence-corrected chi connectivity index (χ4v) is 3.00. The number of halogens is 1. The van der Waals surface area contributed by atoms with Crippen LogP contribution in [0.5, 0.6) is 0 Å². The minimum atomic E-state index is -0.257. The van der Waals surface area contributed by atoms with Crippen LogP contribution in [0.25, 0.3) is 0 Å². The molecule has 0 bridgehead atoms. The molecule has 0 amide bonds. The Morgan fingerprint density at radius 2 is 2.33 bits per heavy atom. The summed E-state index contributed by atoms with van der Waals surface area (Å²) >= 11 is 0. The molecule has 0 saturated carbocycles. The maximum absolute atomic E-state index is 14.3. The number of rotatable bonds is 2. The third-order valence-electron chi connectivity index (χ3n) is 3.99. The number of piperidine rings is 1. The molecule has 4 nitrogen and oxygen atoms in total. The number of hydrogen-bond acceptors (Lipinski definition) is 4. The van der Waals surface area contributed by atoms with Gasteiger partial charge in [-0.3, -0.25) is 0 Å². The molecule has 1 aromatic heterocycles. The van der Waals surface area contributed by atoms with E-state index in [2.05, 4.69) is 14.9 Å². The van der Waals surface area contributed by atoms with E-state index in [1.165, 1.54) is 12.7 Å². The molecule has 3 heterocycles. The predicted octanol–water partition coefficient (Wildman–Crippen LogP) is 1.79. The van der Waals surface area contributed by atoms with Gasteiger partial charge in [0, 0.05) is 12.5 Å². The van der Waals surface area contributed by atoms with Crippen LogP contribution in [0.2, 0.25) is 0 Å². The van der Waals surface area contributed by atoms with Gasteiger partial charge in [0.1, 0.15) is 6.33 Å². The number of aromatic nitrogens is 2. The Kier molecular flexibility index (Phi) is 3.16. The predicted molar refractivity (Wildman–Crippen MR) is 66.0 cm³/mol. The van der Waals surface area contributed by atoms with E-state index in [1.54, 1.807) is 0 Å². The number of ether oxygens (including phenoxy) is 1. The van der Waals surface area contributed by atoms with Gasteiger partial charge in [-0.2, -0.15) is 0 Å². The average Bonchev–Trinajstić information content (AvgIpc) is 2.87. The quantitative estimate of drug-likeness (QED) is 0.803. The van der Waals surface area contributed by atoms with Gasteiger partial charge in [-0.15, -0.1) is 0 Å². The van der Waals surface area contributed by atoms with Crippen LogP contribution in [0.1, 0.15) is 25.5 Å². The molecule has 2 atom stereocenters. The van der Waals surface area contributed by atoms with E-state index >= 15 is 0 Å². The molecule has 2 aliphatic rings. The third kappa shape index (κ3) is 1.86. The zero-order valence-corrected chi connectivity index (χ0v) is 10.6. The van der Waals surface area contributed by atoms with Crippen molar-refractivity contribution in [1.29, 1.82) is 0 Å². The monoisotopic (exact) mass is 251 g/mol. The number of anilines is 1. The van der Waals surface area contributed by atoms with Gasteiger partial charge in [0.15, 0.2) is 11.6 Å². The van der Waals surface area contributed by atoms with Gasteiger partial charge in [0.2, 0.25) is 0 Å². The lowest BCUT2D eigenvalue weighted by atomic mass is 9.92. The lowest BCUT2D eigenvalue weighted by Gasteiger charge is -2.37. The molecule has 0 aromatic carbocycles. The summed E-state index contributed by atoms with van der Waals surface area (Å²) in [6, 6.07) is 0.285. The molecule has 5 heteroatoms. The zero-order valence-electron chi connectivity index (χ0n) is 10.6. The molecule has 0 radical (unpaired) electrons. The first-order valence-corrected chi connectivity index (χ1v) is 6.65. The lowest BCUT2D eigenvalue weighted by molar-refractivity contribution is 0.184. The normalized spacial score (nSPS) is 27.3. The molecule has 18 heavy (non-hydrogen) atoms. The molecule has 0 aliphatic carbocycles. The second kappa shape index (κ2) is 4.80. The van der Waals surface area contributed by atoms with E-state index in [0.717, 1.165) is 19.6 Å². The number of hydrogen-bond donors (Lipinski definition) is 0. The average molecular weight is 251 g/mol. The minimum absolute atomic E-state index is 0.257. The highest BCUT2D eigenvalue weighted by atomic mass is 19.1. The Labute approximate surface area is 106 Å². The number of fused-ring (bicyclic) bond motifs is 1. The van der Waals surface area contributed by atoms with Gasteiger partial charge in [-0.25, -0.2) is 14.4 Å². The largest absolute Gasteiger partial charge is 0.379 e. The van der Waals surface area contributed by atoms with Crippen molar-refractivity contribution in [3.63, 3.8) is 0 Å². The summed E-state index contributed by atoms with van der Waals surface area (Å²) < 4.78 is 19.8. The van der Waals surface area contributed by atoms with Crippen molar-refractivity contribution in [3.8, 4) is 0 Å². The molecule has 2 saturated heterocycles. The highest BCUT2D eigenvalue weighted by molar-refractivity contribution is 5.43. The van der Waals surface area contributed by atoms with E-state index in [4.69, 9.17) is 4.74 Å². The molecule has 0 unspecified atom stereocenters. The van der Waals surface area contributed by atoms with Gasteiger partial charge in [-0.1, -0.05) is 6.92 Å². The highest BCUT2D eigenvalue weighted by Gasteiger charge is 2.37. The van der Waals surface area contributed by atoms with Gasteiger partial charge in [-0.05, 0) is 19.3 Å². The molecule has 2 fully saturated rings. The highest BCUT2D eigenvalue weighted by Crippen LogP contribution is 2.33. The summed E-state index contributed by atoms with van der Waals surface area (Å²) in [6.45, 7) is 4.26. The molecule has 0 spiro atoms. The Bertz CT molecular complexity index is 440. The van der Waals surface area contributed by atoms with E-state index in [0.29, 0.717) is 30.5 Å². The van der Waals surface area contributed by atoms with Crippen LogP contribution in [-0.4, -0.2) is 35.8 Å². The summed E-state index contributed by atoms with van der Waals surface area (Å²) in [6.07, 6.45) is 4.32. The van der Waals surface area contributed by atoms with Crippen LogP contribution in [0.3, 0.4) is 0 Å². The van der Waals surface area contributed by atoms with Crippen molar-refractivity contribution in [2.75, 3.05) is 24.7 Å². The second-order valence-corrected chi connectivity index (χ2v) is 5.01. The Morgan fingerprint density at radius 1 is 1.44 bits per heavy atom. The summed E-state index contributed by atoms with van der Waals surface area (Å²) in [4.78, 5) is 10.2. The molecule has 1 aromatic rings. The zero-order chi connectivity index (χ0) is 12.5. The van der Waals surface area contributed by atoms with Gasteiger partial charge in [0.25, 0.3) is 0 Å². The van der Waals surface area contributed by atoms with Gasteiger partial charge in [0.05, 0.1) is 24.9 Å². The second-order valence-electron chi connectivity index (χ2n) is 5.01. The Hall–Kier alpha value is -1.23. The molecule has 2 aliphatic heterocycles. The summed E-state index contributed by atoms with van der Waals surface area (Å²) in [5, 5.41) is 0. The smallest absolute Gasteiger partial charge is 0.187 e. The molecule has 0 N–H and O–H groups in total. The van der Waals surface area contributed by atoms with E-state index < -0.39 is 0 Å². The van der Waals surface area contributed by atoms with Crippen molar-refractivity contribution in [2.24, 2.45) is 5.92 Å². The first-order valence-electron chi connectivity index (χ1n) is 6.65. The van der Waals surface area contributed by atoms with Gasteiger partial charge >= 0.3 is 0 Å². The Balaban J connectivity index is 1.93. The van der Waals surface area contributed by atoms with Crippen molar-refractivity contribution in [2.45, 2.75) is 32.2 Å². The number of aryl methyl sites for hydroxylation is 1. The first kappa shape index (κ1) is 11.8. The van der Waals surface area contributed by atoms with Crippen molar-refractivity contribution in [3.05, 3.63) is 17.8 Å². The molecular weight excluding hydrogens is 233 g/mol. The van der Waals surface area contributed by atoms with Crippen molar-refractivity contribution in [1.82, 2.24) is 9.97 Å². The van der Waals surface area contributed by atoms with Crippen LogP contribution in [0.15, 0.2) is 6.33 Å². The van der Waals surface area contributed by atoms with Crippen LogP contribution in [0.4, 0.5) is 10.2 Å². The van der Waals surface area contributed by atoms with Gasteiger partial charge < -0.3 is 9.64 Å². The first-order chi connectivity index (χ1) is 8.81. The lowest BCUT2D eigenvalue weighted by Crippen LogP contribution is -2.45. The van der Waals surface area contributed by atoms with E-state index in [1.807, 2.05) is 6.92 Å². The maximum atomic E-state index is 14.3. The fraction of sp³-hybridized carbons (Fsp3) is 0.692. The summed E-state index contributed by atoms with van der Waals surface area (Å²) in [5.41, 5.74) is 0.501. The van der Waals surface area contributed by atoms with E-state index in [9.17, 15) is 4.39 Å². The van der Waals surface area contributed by atoms with Crippen molar-refractivity contribution < 1.29 is 9.13 Å². The van der Waals surface area contributed by atoms with Crippen molar-refractivity contribution >= 4 is 5.82 Å². The Morgan fingerprint density at radius 3 is 3.17 bits per heavy atom. The minimum Gasteiger partial charge on any atom is -0.379 e. The molecule has 3 rings (SSSR count). The standard InChI is InChI=1S/C13H18FN3O/c1-2-10-12(14)13(16-8-15-10)17-5-3-4-9-6-18-7-11(9)17/h8-9,11H,2-7H2,1H3/t9-,11+/m1/s1. The van der Waals surface area contributed by atoms with Crippen LogP contribution in [0, 0.1) is 11.7 Å². The van der Waals surface area contributed by atoms with Crippen LogP contribution in [-0.2, 0) is 11.2 Å². The SMILES string of the molecule is CCc1ncnc(N2CCC[C@@H]3COC[C@@H]32)c1F. The molecular formula is C13H18FN3O. The molecule has 98 valence electrons. The fourth-order valence-electron chi connectivity index (χ4n) is 3.00. The van der Waals surface area contributed by atoms with E-state index in [-0.39, 0.29) is 11.9 Å². The number of nitrogens with zero attached hydrogens (tertiary/aromatic N) is 3. The summed E-state index contributed by atoms with van der Waals surface area (Å²) in [5.74, 6) is 0.729. The maximum Gasteiger partial charge on any atom is 0.187 e. The van der Waals surface area contributed by atoms with Crippen LogP contribution < -0.4 is 4.90 Å². The van der Waals surface area contributed by atoms with Crippen LogP contribution >= 0.6 is 0 Å². The third-order valence-corrected chi connectivity index (χ3v) is 3.99.